The Bertz CT molecular complexity index is 591. The first-order valence-corrected chi connectivity index (χ1v) is 9.94. The van der Waals surface area contributed by atoms with Crippen LogP contribution in [0.1, 0.15) is 36.6 Å². The van der Waals surface area contributed by atoms with E-state index in [-0.39, 0.29) is 43.3 Å². The number of furan rings is 1. The minimum absolute atomic E-state index is 0.0310. The molecule has 3 amide bonds. The van der Waals surface area contributed by atoms with Crippen LogP contribution in [-0.2, 0) is 5.75 Å². The fraction of sp³-hybridized carbons (Fsp3) is 0.647. The highest BCUT2D eigenvalue weighted by atomic mass is 32.2. The fourth-order valence-electron chi connectivity index (χ4n) is 2.98. The minimum atomic E-state index is -1.08. The van der Waals surface area contributed by atoms with Crippen LogP contribution in [-0.4, -0.2) is 66.4 Å². The van der Waals surface area contributed by atoms with Gasteiger partial charge in [0.25, 0.3) is 5.91 Å². The summed E-state index contributed by atoms with van der Waals surface area (Å²) >= 11 is 1.60. The first-order chi connectivity index (χ1) is 12.0. The molecule has 0 bridgehead atoms. The number of amides is 3. The predicted molar refractivity (Wildman–Crippen MR) is 96.6 cm³/mol. The summed E-state index contributed by atoms with van der Waals surface area (Å²) in [5.74, 6) is 1.30. The largest absolute Gasteiger partial charge is 0.455 e. The second-order valence-electron chi connectivity index (χ2n) is 6.00. The Kier molecular flexibility index (Phi) is 7.16. The number of carbonyl (C=O) groups is 2. The smallest absolute Gasteiger partial charge is 0.317 e. The summed E-state index contributed by atoms with van der Waals surface area (Å²) in [6.07, 6.45) is 1.09. The van der Waals surface area contributed by atoms with Crippen molar-refractivity contribution in [1.29, 1.82) is 0 Å². The van der Waals surface area contributed by atoms with Crippen LogP contribution in [0.4, 0.5) is 9.18 Å². The summed E-state index contributed by atoms with van der Waals surface area (Å²) in [4.78, 5) is 27.8. The highest BCUT2D eigenvalue weighted by molar-refractivity contribution is 7.97. The number of carbonyl (C=O) groups excluding carboxylic acids is 2. The first-order valence-electron chi connectivity index (χ1n) is 8.55. The second kappa shape index (κ2) is 9.12. The number of urea groups is 1. The molecule has 0 saturated carbocycles. The number of rotatable bonds is 7. The van der Waals surface area contributed by atoms with E-state index in [9.17, 15) is 14.0 Å². The predicted octanol–water partition coefficient (Wildman–Crippen LogP) is 2.75. The van der Waals surface area contributed by atoms with Gasteiger partial charge in [0.15, 0.2) is 5.76 Å². The van der Waals surface area contributed by atoms with E-state index >= 15 is 0 Å². The highest BCUT2D eigenvalue weighted by Gasteiger charge is 2.37. The number of halogens is 1. The van der Waals surface area contributed by atoms with Crippen LogP contribution in [0.15, 0.2) is 16.5 Å². The molecule has 0 spiro atoms. The van der Waals surface area contributed by atoms with Crippen molar-refractivity contribution in [3.8, 4) is 0 Å². The molecule has 1 aliphatic rings. The van der Waals surface area contributed by atoms with Gasteiger partial charge in [-0.1, -0.05) is 0 Å². The average molecular weight is 371 g/mol. The third kappa shape index (κ3) is 4.90. The second-order valence-corrected chi connectivity index (χ2v) is 6.87. The molecule has 1 fully saturated rings. The number of likely N-dealkylation sites (tertiary alicyclic amines) is 1. The Morgan fingerprint density at radius 1 is 1.40 bits per heavy atom. The number of hydrogen-bond acceptors (Lipinski definition) is 4. The average Bonchev–Trinajstić information content (AvgIpc) is 3.20. The van der Waals surface area contributed by atoms with Gasteiger partial charge in [-0.25, -0.2) is 9.18 Å². The standard InChI is InChI=1S/C17H26FN3O3S/c1-4-20(5-2)17(23)19-9-13-8-12(18)10-21(13)16(22)15-7-6-14(24-15)11-25-3/h6-7,12-13H,4-5,8-11H2,1-3H3,(H,19,23)/t12-,13-/m0/s1. The van der Waals surface area contributed by atoms with Gasteiger partial charge in [-0.3, -0.25) is 4.79 Å². The van der Waals surface area contributed by atoms with Crippen molar-refractivity contribution in [3.05, 3.63) is 23.7 Å². The quantitative estimate of drug-likeness (QED) is 0.800. The molecule has 1 aromatic heterocycles. The topological polar surface area (TPSA) is 65.8 Å². The number of nitrogens with zero attached hydrogens (tertiary/aromatic N) is 2. The van der Waals surface area contributed by atoms with Gasteiger partial charge in [-0.15, -0.1) is 0 Å². The Labute approximate surface area is 152 Å². The van der Waals surface area contributed by atoms with Gasteiger partial charge >= 0.3 is 6.03 Å². The van der Waals surface area contributed by atoms with Crippen molar-refractivity contribution in [2.75, 3.05) is 32.4 Å². The van der Waals surface area contributed by atoms with Gasteiger partial charge in [-0.2, -0.15) is 11.8 Å². The lowest BCUT2D eigenvalue weighted by molar-refractivity contribution is 0.0694. The molecular formula is C17H26FN3O3S. The Hall–Kier alpha value is -1.70. The number of alkyl halides is 1. The van der Waals surface area contributed by atoms with Crippen molar-refractivity contribution >= 4 is 23.7 Å². The lowest BCUT2D eigenvalue weighted by atomic mass is 10.2. The van der Waals surface area contributed by atoms with Gasteiger partial charge in [0, 0.05) is 26.1 Å². The third-order valence-corrected chi connectivity index (χ3v) is 4.90. The van der Waals surface area contributed by atoms with Gasteiger partial charge in [-0.05, 0) is 32.2 Å². The molecule has 2 rings (SSSR count). The molecule has 0 aromatic carbocycles. The van der Waals surface area contributed by atoms with Crippen LogP contribution in [0.2, 0.25) is 0 Å². The normalized spacial score (nSPS) is 19.9. The van der Waals surface area contributed by atoms with Crippen molar-refractivity contribution in [2.45, 2.75) is 38.2 Å². The van der Waals surface area contributed by atoms with Crippen molar-refractivity contribution < 1.29 is 18.4 Å². The van der Waals surface area contributed by atoms with Crippen LogP contribution in [0, 0.1) is 0 Å². The van der Waals surface area contributed by atoms with E-state index in [0.29, 0.717) is 18.8 Å². The molecule has 1 saturated heterocycles. The van der Waals surface area contributed by atoms with E-state index in [2.05, 4.69) is 5.32 Å². The van der Waals surface area contributed by atoms with Crippen molar-refractivity contribution in [2.24, 2.45) is 0 Å². The summed E-state index contributed by atoms with van der Waals surface area (Å²) in [6.45, 7) is 5.27. The zero-order chi connectivity index (χ0) is 18.4. The van der Waals surface area contributed by atoms with Gasteiger partial charge in [0.1, 0.15) is 11.9 Å². The van der Waals surface area contributed by atoms with E-state index in [1.165, 1.54) is 4.90 Å². The van der Waals surface area contributed by atoms with E-state index in [1.807, 2.05) is 20.1 Å². The highest BCUT2D eigenvalue weighted by Crippen LogP contribution is 2.24. The molecular weight excluding hydrogens is 345 g/mol. The molecule has 0 radical (unpaired) electrons. The minimum Gasteiger partial charge on any atom is -0.455 e. The number of nitrogens with one attached hydrogen (secondary N) is 1. The van der Waals surface area contributed by atoms with Crippen LogP contribution in [0.5, 0.6) is 0 Å². The molecule has 6 nitrogen and oxygen atoms in total. The van der Waals surface area contributed by atoms with Crippen molar-refractivity contribution in [3.63, 3.8) is 0 Å². The zero-order valence-corrected chi connectivity index (χ0v) is 15.8. The molecule has 1 N–H and O–H groups in total. The lowest BCUT2D eigenvalue weighted by Crippen LogP contribution is -2.47. The summed E-state index contributed by atoms with van der Waals surface area (Å²) in [5.41, 5.74) is 0. The molecule has 140 valence electrons. The lowest BCUT2D eigenvalue weighted by Gasteiger charge is -2.25. The van der Waals surface area contributed by atoms with Crippen LogP contribution in [0.3, 0.4) is 0 Å². The summed E-state index contributed by atoms with van der Waals surface area (Å²) in [5, 5.41) is 2.80. The monoisotopic (exact) mass is 371 g/mol. The maximum Gasteiger partial charge on any atom is 0.317 e. The molecule has 8 heteroatoms. The molecule has 2 heterocycles. The molecule has 25 heavy (non-hydrogen) atoms. The maximum atomic E-state index is 13.9. The number of thioether (sulfide) groups is 1. The third-order valence-electron chi connectivity index (χ3n) is 4.32. The molecule has 1 aliphatic heterocycles. The van der Waals surface area contributed by atoms with E-state index < -0.39 is 6.17 Å². The van der Waals surface area contributed by atoms with Crippen LogP contribution in [0.25, 0.3) is 0 Å². The SMILES string of the molecule is CCN(CC)C(=O)NC[C@@H]1C[C@H](F)CN1C(=O)c1ccc(CSC)o1. The number of hydrogen-bond donors (Lipinski definition) is 1. The Balaban J connectivity index is 2.00. The van der Waals surface area contributed by atoms with Crippen LogP contribution >= 0.6 is 11.8 Å². The Morgan fingerprint density at radius 2 is 2.12 bits per heavy atom. The van der Waals surface area contributed by atoms with Gasteiger partial charge in [0.05, 0.1) is 18.3 Å². The first kappa shape index (κ1) is 19.6. The zero-order valence-electron chi connectivity index (χ0n) is 15.0. The van der Waals surface area contributed by atoms with Crippen molar-refractivity contribution in [1.82, 2.24) is 15.1 Å². The maximum absolute atomic E-state index is 13.9. The summed E-state index contributed by atoms with van der Waals surface area (Å²) < 4.78 is 19.4. The summed E-state index contributed by atoms with van der Waals surface area (Å²) in [7, 11) is 0. The molecule has 2 atom stereocenters. The summed E-state index contributed by atoms with van der Waals surface area (Å²) in [6, 6.07) is 2.84. The fourth-order valence-corrected chi connectivity index (χ4v) is 3.42. The van der Waals surface area contributed by atoms with Gasteiger partial charge in [0.2, 0.25) is 0 Å². The molecule has 1 aromatic rings. The molecule has 0 aliphatic carbocycles. The Morgan fingerprint density at radius 3 is 2.76 bits per heavy atom. The van der Waals surface area contributed by atoms with E-state index in [4.69, 9.17) is 4.42 Å². The molecule has 0 unspecified atom stereocenters. The van der Waals surface area contributed by atoms with E-state index in [1.54, 1.807) is 28.8 Å². The van der Waals surface area contributed by atoms with E-state index in [0.717, 1.165) is 5.76 Å². The van der Waals surface area contributed by atoms with Crippen LogP contribution < -0.4 is 5.32 Å². The van der Waals surface area contributed by atoms with Gasteiger partial charge < -0.3 is 19.5 Å².